The lowest BCUT2D eigenvalue weighted by atomic mass is 9.89. The third kappa shape index (κ3) is 3.47. The molecule has 0 aromatic heterocycles. The number of para-hydroxylation sites is 2. The van der Waals surface area contributed by atoms with Crippen LogP contribution in [0.1, 0.15) is 20.3 Å². The normalized spacial score (nSPS) is 11.2. The van der Waals surface area contributed by atoms with E-state index in [-0.39, 0.29) is 11.3 Å². The minimum Gasteiger partial charge on any atom is -0.495 e. The number of carbonyl (C=O) groups is 1. The molecule has 0 saturated heterocycles. The van der Waals surface area contributed by atoms with E-state index in [1.54, 1.807) is 19.1 Å². The van der Waals surface area contributed by atoms with E-state index >= 15 is 0 Å². The van der Waals surface area contributed by atoms with E-state index < -0.39 is 0 Å². The summed E-state index contributed by atoms with van der Waals surface area (Å²) in [6.07, 6.45) is 0.415. The molecule has 0 unspecified atom stereocenters. The molecule has 2 N–H and O–H groups in total. The smallest absolute Gasteiger partial charge is 0.227 e. The number of methoxy groups -OCH3 is 1. The van der Waals surface area contributed by atoms with E-state index in [9.17, 15) is 4.79 Å². The summed E-state index contributed by atoms with van der Waals surface area (Å²) in [5, 5.41) is 0. The van der Waals surface area contributed by atoms with Crippen molar-refractivity contribution in [2.75, 3.05) is 25.6 Å². The lowest BCUT2D eigenvalue weighted by Crippen LogP contribution is -2.34. The summed E-state index contributed by atoms with van der Waals surface area (Å²) in [6, 6.07) is 7.47. The van der Waals surface area contributed by atoms with Crippen LogP contribution in [-0.2, 0) is 4.79 Å². The zero-order chi connectivity index (χ0) is 13.8. The van der Waals surface area contributed by atoms with Crippen LogP contribution in [0.15, 0.2) is 24.3 Å². The summed E-state index contributed by atoms with van der Waals surface area (Å²) in [4.78, 5) is 13.8. The van der Waals surface area contributed by atoms with Crippen LogP contribution < -0.4 is 15.4 Å². The fourth-order valence-corrected chi connectivity index (χ4v) is 1.64. The summed E-state index contributed by atoms with van der Waals surface area (Å²) in [5.41, 5.74) is 6.24. The second-order valence-electron chi connectivity index (χ2n) is 5.17. The fourth-order valence-electron chi connectivity index (χ4n) is 1.64. The lowest BCUT2D eigenvalue weighted by Gasteiger charge is -2.26. The Hall–Kier alpha value is -1.55. The van der Waals surface area contributed by atoms with E-state index in [0.717, 1.165) is 5.69 Å². The molecule has 1 rings (SSSR count). The summed E-state index contributed by atoms with van der Waals surface area (Å²) < 4.78 is 5.25. The molecule has 100 valence electrons. The first kappa shape index (κ1) is 14.5. The molecule has 0 heterocycles. The van der Waals surface area contributed by atoms with Crippen molar-refractivity contribution in [1.29, 1.82) is 0 Å². The molecule has 0 aliphatic rings. The topological polar surface area (TPSA) is 55.6 Å². The maximum Gasteiger partial charge on any atom is 0.227 e. The SMILES string of the molecule is COc1ccccc1N(C)C(=O)CC(C)(C)CN. The highest BCUT2D eigenvalue weighted by Gasteiger charge is 2.24. The van der Waals surface area contributed by atoms with Gasteiger partial charge in [-0.05, 0) is 24.1 Å². The number of ether oxygens (including phenoxy) is 1. The highest BCUT2D eigenvalue weighted by molar-refractivity contribution is 5.94. The Morgan fingerprint density at radius 3 is 2.56 bits per heavy atom. The number of amides is 1. The molecule has 0 fully saturated rings. The summed E-state index contributed by atoms with van der Waals surface area (Å²) in [5.74, 6) is 0.730. The number of rotatable bonds is 5. The molecular formula is C14H22N2O2. The van der Waals surface area contributed by atoms with Gasteiger partial charge in [0.05, 0.1) is 12.8 Å². The van der Waals surface area contributed by atoms with Gasteiger partial charge in [0.25, 0.3) is 0 Å². The first-order valence-electron chi connectivity index (χ1n) is 6.01. The molecule has 4 heteroatoms. The van der Waals surface area contributed by atoms with E-state index in [1.165, 1.54) is 0 Å². The van der Waals surface area contributed by atoms with Crippen molar-refractivity contribution < 1.29 is 9.53 Å². The number of nitrogens with two attached hydrogens (primary N) is 1. The largest absolute Gasteiger partial charge is 0.495 e. The van der Waals surface area contributed by atoms with Crippen molar-refractivity contribution >= 4 is 11.6 Å². The molecule has 18 heavy (non-hydrogen) atoms. The second-order valence-corrected chi connectivity index (χ2v) is 5.17. The van der Waals surface area contributed by atoms with Gasteiger partial charge in [0, 0.05) is 13.5 Å². The number of hydrogen-bond donors (Lipinski definition) is 1. The molecule has 0 radical (unpaired) electrons. The van der Waals surface area contributed by atoms with E-state index in [0.29, 0.717) is 18.7 Å². The van der Waals surface area contributed by atoms with Crippen LogP contribution in [-0.4, -0.2) is 26.6 Å². The van der Waals surface area contributed by atoms with Gasteiger partial charge in [-0.2, -0.15) is 0 Å². The van der Waals surface area contributed by atoms with Gasteiger partial charge >= 0.3 is 0 Å². The molecule has 1 aromatic carbocycles. The van der Waals surface area contributed by atoms with Crippen LogP contribution in [0, 0.1) is 5.41 Å². The highest BCUT2D eigenvalue weighted by atomic mass is 16.5. The number of carbonyl (C=O) groups excluding carboxylic acids is 1. The maximum absolute atomic E-state index is 12.2. The standard InChI is InChI=1S/C14H22N2O2/c1-14(2,10-15)9-13(17)16(3)11-7-5-6-8-12(11)18-4/h5-8H,9-10,15H2,1-4H3. The fraction of sp³-hybridized carbons (Fsp3) is 0.500. The van der Waals surface area contributed by atoms with Crippen molar-refractivity contribution in [1.82, 2.24) is 0 Å². The van der Waals surface area contributed by atoms with Crippen LogP contribution in [0.25, 0.3) is 0 Å². The van der Waals surface area contributed by atoms with Crippen LogP contribution >= 0.6 is 0 Å². The maximum atomic E-state index is 12.2. The zero-order valence-corrected chi connectivity index (χ0v) is 11.6. The molecule has 1 aromatic rings. The van der Waals surface area contributed by atoms with Crippen molar-refractivity contribution in [2.45, 2.75) is 20.3 Å². The predicted molar refractivity (Wildman–Crippen MR) is 73.9 cm³/mol. The Morgan fingerprint density at radius 2 is 2.00 bits per heavy atom. The average Bonchev–Trinajstić information content (AvgIpc) is 2.37. The number of anilines is 1. The Labute approximate surface area is 109 Å². The average molecular weight is 250 g/mol. The first-order valence-corrected chi connectivity index (χ1v) is 6.01. The molecule has 4 nitrogen and oxygen atoms in total. The van der Waals surface area contributed by atoms with Crippen molar-refractivity contribution in [2.24, 2.45) is 11.1 Å². The van der Waals surface area contributed by atoms with E-state index in [4.69, 9.17) is 10.5 Å². The van der Waals surface area contributed by atoms with Crippen LogP contribution in [0.5, 0.6) is 5.75 Å². The molecule has 0 saturated carbocycles. The van der Waals surface area contributed by atoms with E-state index in [1.807, 2.05) is 38.1 Å². The van der Waals surface area contributed by atoms with Gasteiger partial charge in [0.2, 0.25) is 5.91 Å². The molecule has 0 spiro atoms. The summed E-state index contributed by atoms with van der Waals surface area (Å²) in [6.45, 7) is 4.46. The first-order chi connectivity index (χ1) is 8.41. The summed E-state index contributed by atoms with van der Waals surface area (Å²) >= 11 is 0. The molecular weight excluding hydrogens is 228 g/mol. The summed E-state index contributed by atoms with van der Waals surface area (Å²) in [7, 11) is 3.35. The molecule has 1 amide bonds. The lowest BCUT2D eigenvalue weighted by molar-refractivity contribution is -0.120. The minimum absolute atomic E-state index is 0.0370. The van der Waals surface area contributed by atoms with Crippen molar-refractivity contribution in [3.8, 4) is 5.75 Å². The van der Waals surface area contributed by atoms with Gasteiger partial charge in [0.15, 0.2) is 0 Å². The van der Waals surface area contributed by atoms with Gasteiger partial charge in [0.1, 0.15) is 5.75 Å². The molecule has 0 aliphatic heterocycles. The monoisotopic (exact) mass is 250 g/mol. The molecule has 0 bridgehead atoms. The second kappa shape index (κ2) is 5.87. The third-order valence-electron chi connectivity index (χ3n) is 3.00. The Kier molecular flexibility index (Phi) is 4.73. The van der Waals surface area contributed by atoms with Gasteiger partial charge in [-0.25, -0.2) is 0 Å². The number of hydrogen-bond acceptors (Lipinski definition) is 3. The Balaban J connectivity index is 2.87. The van der Waals surface area contributed by atoms with Crippen LogP contribution in [0.2, 0.25) is 0 Å². The molecule has 0 aliphatic carbocycles. The predicted octanol–water partition coefficient (Wildman–Crippen LogP) is 2.03. The number of nitrogens with zero attached hydrogens (tertiary/aromatic N) is 1. The quantitative estimate of drug-likeness (QED) is 0.870. The van der Waals surface area contributed by atoms with E-state index in [2.05, 4.69) is 0 Å². The van der Waals surface area contributed by atoms with Crippen molar-refractivity contribution in [3.63, 3.8) is 0 Å². The third-order valence-corrected chi connectivity index (χ3v) is 3.00. The molecule has 0 atom stereocenters. The Bertz CT molecular complexity index is 416. The highest BCUT2D eigenvalue weighted by Crippen LogP contribution is 2.28. The van der Waals surface area contributed by atoms with Crippen LogP contribution in [0.3, 0.4) is 0 Å². The van der Waals surface area contributed by atoms with Gasteiger partial charge < -0.3 is 15.4 Å². The van der Waals surface area contributed by atoms with Gasteiger partial charge in [-0.1, -0.05) is 26.0 Å². The van der Waals surface area contributed by atoms with Gasteiger partial charge in [-0.15, -0.1) is 0 Å². The number of benzene rings is 1. The van der Waals surface area contributed by atoms with Crippen LogP contribution in [0.4, 0.5) is 5.69 Å². The Morgan fingerprint density at radius 1 is 1.39 bits per heavy atom. The van der Waals surface area contributed by atoms with Crippen molar-refractivity contribution in [3.05, 3.63) is 24.3 Å². The van der Waals surface area contributed by atoms with Gasteiger partial charge in [-0.3, -0.25) is 4.79 Å². The minimum atomic E-state index is -0.187. The zero-order valence-electron chi connectivity index (χ0n) is 11.6.